The monoisotopic (exact) mass is 237 g/mol. The molecule has 0 aliphatic heterocycles. The standard InChI is InChI=1S/C12H23N5/c1-2-8-4-3-5-9(6-8)11(16-14)10-7-15-17-12(10)13/h7-9,11,16H,2-6,14H2,1H3,(H3,13,15,17). The average molecular weight is 237 g/mol. The van der Waals surface area contributed by atoms with Crippen molar-refractivity contribution in [3.8, 4) is 0 Å². The second-order valence-corrected chi connectivity index (χ2v) is 5.08. The summed E-state index contributed by atoms with van der Waals surface area (Å²) in [5, 5.41) is 6.76. The van der Waals surface area contributed by atoms with Gasteiger partial charge in [-0.1, -0.05) is 26.2 Å². The van der Waals surface area contributed by atoms with E-state index in [-0.39, 0.29) is 6.04 Å². The van der Waals surface area contributed by atoms with Crippen molar-refractivity contribution >= 4 is 5.82 Å². The van der Waals surface area contributed by atoms with Gasteiger partial charge in [0.15, 0.2) is 0 Å². The maximum absolute atomic E-state index is 5.88. The predicted molar refractivity (Wildman–Crippen MR) is 68.8 cm³/mol. The Hall–Kier alpha value is -1.07. The van der Waals surface area contributed by atoms with Crippen molar-refractivity contribution < 1.29 is 0 Å². The van der Waals surface area contributed by atoms with E-state index < -0.39 is 0 Å². The Morgan fingerprint density at radius 3 is 3.00 bits per heavy atom. The molecule has 2 rings (SSSR count). The van der Waals surface area contributed by atoms with Crippen LogP contribution in [-0.2, 0) is 0 Å². The molecule has 0 radical (unpaired) electrons. The molecule has 5 heteroatoms. The first-order valence-electron chi connectivity index (χ1n) is 6.51. The Kier molecular flexibility index (Phi) is 4.02. The first kappa shape index (κ1) is 12.4. The lowest BCUT2D eigenvalue weighted by Crippen LogP contribution is -2.36. The molecular formula is C12H23N5. The summed E-state index contributed by atoms with van der Waals surface area (Å²) in [6, 6.07) is 0.128. The number of hydrazine groups is 1. The molecule has 1 saturated carbocycles. The molecule has 1 aliphatic carbocycles. The third-order valence-corrected chi connectivity index (χ3v) is 4.09. The molecular weight excluding hydrogens is 214 g/mol. The summed E-state index contributed by atoms with van der Waals surface area (Å²) in [5.41, 5.74) is 9.81. The van der Waals surface area contributed by atoms with Gasteiger partial charge in [-0.3, -0.25) is 16.4 Å². The summed E-state index contributed by atoms with van der Waals surface area (Å²) < 4.78 is 0. The zero-order valence-corrected chi connectivity index (χ0v) is 10.4. The number of aromatic amines is 1. The van der Waals surface area contributed by atoms with Crippen LogP contribution in [0, 0.1) is 11.8 Å². The molecule has 5 nitrogen and oxygen atoms in total. The van der Waals surface area contributed by atoms with E-state index in [0.717, 1.165) is 11.5 Å². The van der Waals surface area contributed by atoms with Crippen molar-refractivity contribution in [1.82, 2.24) is 15.6 Å². The van der Waals surface area contributed by atoms with E-state index in [0.29, 0.717) is 11.7 Å². The lowest BCUT2D eigenvalue weighted by atomic mass is 9.75. The van der Waals surface area contributed by atoms with Crippen molar-refractivity contribution in [3.05, 3.63) is 11.8 Å². The molecule has 17 heavy (non-hydrogen) atoms. The van der Waals surface area contributed by atoms with E-state index in [1.54, 1.807) is 6.20 Å². The van der Waals surface area contributed by atoms with Crippen LogP contribution >= 0.6 is 0 Å². The summed E-state index contributed by atoms with van der Waals surface area (Å²) in [6.07, 6.45) is 8.14. The number of nitrogen functional groups attached to an aromatic ring is 1. The maximum Gasteiger partial charge on any atom is 0.123 e. The lowest BCUT2D eigenvalue weighted by molar-refractivity contribution is 0.210. The fourth-order valence-corrected chi connectivity index (χ4v) is 3.04. The largest absolute Gasteiger partial charge is 0.384 e. The van der Waals surface area contributed by atoms with Gasteiger partial charge in [0.1, 0.15) is 5.82 Å². The van der Waals surface area contributed by atoms with E-state index in [4.69, 9.17) is 11.6 Å². The number of anilines is 1. The van der Waals surface area contributed by atoms with Gasteiger partial charge < -0.3 is 5.73 Å². The molecule has 1 aromatic heterocycles. The van der Waals surface area contributed by atoms with Crippen molar-refractivity contribution in [1.29, 1.82) is 0 Å². The molecule has 0 saturated heterocycles. The first-order chi connectivity index (χ1) is 8.26. The van der Waals surface area contributed by atoms with Crippen molar-refractivity contribution in [2.24, 2.45) is 17.7 Å². The molecule has 1 fully saturated rings. The average Bonchev–Trinajstić information content (AvgIpc) is 2.77. The van der Waals surface area contributed by atoms with Crippen LogP contribution in [0.5, 0.6) is 0 Å². The van der Waals surface area contributed by atoms with Gasteiger partial charge in [0.2, 0.25) is 0 Å². The molecule has 0 aromatic carbocycles. The van der Waals surface area contributed by atoms with Gasteiger partial charge >= 0.3 is 0 Å². The molecule has 0 spiro atoms. The zero-order valence-electron chi connectivity index (χ0n) is 10.4. The van der Waals surface area contributed by atoms with Crippen LogP contribution < -0.4 is 17.0 Å². The molecule has 0 amide bonds. The normalized spacial score (nSPS) is 26.9. The van der Waals surface area contributed by atoms with Crippen LogP contribution in [0.1, 0.15) is 50.6 Å². The van der Waals surface area contributed by atoms with Gasteiger partial charge in [-0.2, -0.15) is 5.10 Å². The van der Waals surface area contributed by atoms with E-state index >= 15 is 0 Å². The Morgan fingerprint density at radius 2 is 2.41 bits per heavy atom. The van der Waals surface area contributed by atoms with Crippen LogP contribution in [0.3, 0.4) is 0 Å². The quantitative estimate of drug-likeness (QED) is 0.474. The molecule has 1 aliphatic rings. The number of hydrogen-bond donors (Lipinski definition) is 4. The van der Waals surface area contributed by atoms with E-state index in [9.17, 15) is 0 Å². The number of aromatic nitrogens is 2. The van der Waals surface area contributed by atoms with Crippen LogP contribution in [0.25, 0.3) is 0 Å². The van der Waals surface area contributed by atoms with E-state index in [1.807, 2.05) is 0 Å². The highest BCUT2D eigenvalue weighted by atomic mass is 15.2. The number of nitrogens with one attached hydrogen (secondary N) is 2. The molecule has 6 N–H and O–H groups in total. The summed E-state index contributed by atoms with van der Waals surface area (Å²) in [6.45, 7) is 2.27. The first-order valence-corrected chi connectivity index (χ1v) is 6.51. The highest BCUT2D eigenvalue weighted by Crippen LogP contribution is 2.38. The van der Waals surface area contributed by atoms with Crippen molar-refractivity contribution in [3.63, 3.8) is 0 Å². The summed E-state index contributed by atoms with van der Waals surface area (Å²) >= 11 is 0. The molecule has 1 aromatic rings. The topological polar surface area (TPSA) is 92.7 Å². The Bertz CT molecular complexity index is 348. The number of nitrogens with two attached hydrogens (primary N) is 2. The smallest absolute Gasteiger partial charge is 0.123 e. The Morgan fingerprint density at radius 1 is 1.59 bits per heavy atom. The lowest BCUT2D eigenvalue weighted by Gasteiger charge is -2.33. The van der Waals surface area contributed by atoms with Gasteiger partial charge in [0.05, 0.1) is 12.2 Å². The molecule has 96 valence electrons. The molecule has 1 heterocycles. The minimum absolute atomic E-state index is 0.128. The number of H-pyrrole nitrogens is 1. The van der Waals surface area contributed by atoms with Gasteiger partial charge in [-0.15, -0.1) is 0 Å². The molecule has 0 bridgehead atoms. The van der Waals surface area contributed by atoms with Gasteiger partial charge in [0, 0.05) is 5.56 Å². The molecule has 3 unspecified atom stereocenters. The van der Waals surface area contributed by atoms with E-state index in [1.165, 1.54) is 32.1 Å². The SMILES string of the molecule is CCC1CCCC(C(NN)c2cn[nH]c2N)C1. The fraction of sp³-hybridized carbons (Fsp3) is 0.750. The third-order valence-electron chi connectivity index (χ3n) is 4.09. The van der Waals surface area contributed by atoms with Crippen LogP contribution in [-0.4, -0.2) is 10.2 Å². The number of rotatable bonds is 4. The highest BCUT2D eigenvalue weighted by molar-refractivity contribution is 5.39. The Balaban J connectivity index is 2.10. The van der Waals surface area contributed by atoms with Crippen LogP contribution in [0.4, 0.5) is 5.82 Å². The van der Waals surface area contributed by atoms with Crippen LogP contribution in [0.2, 0.25) is 0 Å². The fourth-order valence-electron chi connectivity index (χ4n) is 3.04. The minimum atomic E-state index is 0.128. The van der Waals surface area contributed by atoms with Gasteiger partial charge in [0.25, 0.3) is 0 Å². The van der Waals surface area contributed by atoms with Crippen LogP contribution in [0.15, 0.2) is 6.20 Å². The van der Waals surface area contributed by atoms with E-state index in [2.05, 4.69) is 22.5 Å². The van der Waals surface area contributed by atoms with Gasteiger partial charge in [-0.05, 0) is 24.7 Å². The number of hydrogen-bond acceptors (Lipinski definition) is 4. The molecule has 3 atom stereocenters. The zero-order chi connectivity index (χ0) is 12.3. The second kappa shape index (κ2) is 5.51. The minimum Gasteiger partial charge on any atom is -0.384 e. The van der Waals surface area contributed by atoms with Crippen molar-refractivity contribution in [2.75, 3.05) is 5.73 Å². The third kappa shape index (κ3) is 2.61. The highest BCUT2D eigenvalue weighted by Gasteiger charge is 2.29. The maximum atomic E-state index is 5.88. The van der Waals surface area contributed by atoms with Crippen molar-refractivity contribution in [2.45, 2.75) is 45.1 Å². The predicted octanol–water partition coefficient (Wildman–Crippen LogP) is 1.71. The summed E-state index contributed by atoms with van der Waals surface area (Å²) in [5.74, 6) is 7.73. The summed E-state index contributed by atoms with van der Waals surface area (Å²) in [4.78, 5) is 0. The summed E-state index contributed by atoms with van der Waals surface area (Å²) in [7, 11) is 0. The Labute approximate surface area is 102 Å². The van der Waals surface area contributed by atoms with Gasteiger partial charge in [-0.25, -0.2) is 0 Å². The number of nitrogens with zero attached hydrogens (tertiary/aromatic N) is 1. The second-order valence-electron chi connectivity index (χ2n) is 5.08.